The first-order chi connectivity index (χ1) is 15.2. The molecule has 2 aromatic rings. The molecule has 1 aliphatic rings. The summed E-state index contributed by atoms with van der Waals surface area (Å²) in [6, 6.07) is 4.26. The van der Waals surface area contributed by atoms with E-state index in [2.05, 4.69) is 26.3 Å². The maximum atomic E-state index is 12.4. The Morgan fingerprint density at radius 3 is 2.69 bits per heavy atom. The number of oxazole rings is 1. The van der Waals surface area contributed by atoms with Gasteiger partial charge in [-0.25, -0.2) is 4.98 Å². The van der Waals surface area contributed by atoms with Gasteiger partial charge < -0.3 is 30.4 Å². The van der Waals surface area contributed by atoms with E-state index in [9.17, 15) is 19.2 Å². The van der Waals surface area contributed by atoms with Crippen LogP contribution in [0.3, 0.4) is 0 Å². The lowest BCUT2D eigenvalue weighted by atomic mass is 10.1. The van der Waals surface area contributed by atoms with Crippen molar-refractivity contribution in [2.45, 2.75) is 38.3 Å². The zero-order valence-corrected chi connectivity index (χ0v) is 18.0. The summed E-state index contributed by atoms with van der Waals surface area (Å²) in [4.78, 5) is 52.0. The predicted molar refractivity (Wildman–Crippen MR) is 114 cm³/mol. The number of hydrogen-bond donors (Lipinski definition) is 4. The van der Waals surface area contributed by atoms with Gasteiger partial charge in [-0.15, -0.1) is 0 Å². The Morgan fingerprint density at radius 2 is 2.06 bits per heavy atom. The van der Waals surface area contributed by atoms with E-state index >= 15 is 0 Å². The number of anilines is 1. The first-order valence-corrected chi connectivity index (χ1v) is 9.96. The number of carbonyl (C=O) groups excluding carboxylic acids is 4. The van der Waals surface area contributed by atoms with E-state index in [4.69, 9.17) is 9.15 Å². The van der Waals surface area contributed by atoms with Gasteiger partial charge in [0, 0.05) is 24.7 Å². The van der Waals surface area contributed by atoms with Crippen LogP contribution in [-0.4, -0.2) is 53.8 Å². The van der Waals surface area contributed by atoms with E-state index in [0.29, 0.717) is 35.6 Å². The van der Waals surface area contributed by atoms with E-state index < -0.39 is 23.4 Å². The van der Waals surface area contributed by atoms with Crippen LogP contribution in [0, 0.1) is 0 Å². The highest BCUT2D eigenvalue weighted by Crippen LogP contribution is 2.32. The van der Waals surface area contributed by atoms with Gasteiger partial charge in [-0.05, 0) is 32.4 Å². The average molecular weight is 443 g/mol. The van der Waals surface area contributed by atoms with Gasteiger partial charge in [0.1, 0.15) is 11.8 Å². The molecule has 0 saturated carbocycles. The van der Waals surface area contributed by atoms with Crippen molar-refractivity contribution in [1.29, 1.82) is 0 Å². The number of aromatic nitrogens is 1. The van der Waals surface area contributed by atoms with Gasteiger partial charge in [-0.1, -0.05) is 0 Å². The SMILES string of the molecule is COc1cc(NC(=O)C(=O)NC(C)(C)CNC(=O)C2CCC(=O)N2)ccc1-c1cnco1. The summed E-state index contributed by atoms with van der Waals surface area (Å²) in [6.07, 6.45) is 3.56. The first kappa shape index (κ1) is 22.8. The Labute approximate surface area is 184 Å². The number of nitrogens with one attached hydrogen (secondary N) is 4. The third kappa shape index (κ3) is 5.62. The zero-order chi connectivity index (χ0) is 23.3. The molecule has 11 heteroatoms. The van der Waals surface area contributed by atoms with Crippen LogP contribution in [-0.2, 0) is 19.2 Å². The Bertz CT molecular complexity index is 1020. The molecule has 0 aliphatic carbocycles. The van der Waals surface area contributed by atoms with E-state index in [1.165, 1.54) is 19.7 Å². The Morgan fingerprint density at radius 1 is 1.28 bits per heavy atom. The van der Waals surface area contributed by atoms with Gasteiger partial charge in [0.05, 0.1) is 24.4 Å². The number of methoxy groups -OCH3 is 1. The maximum Gasteiger partial charge on any atom is 0.313 e. The van der Waals surface area contributed by atoms with E-state index in [1.54, 1.807) is 32.0 Å². The van der Waals surface area contributed by atoms with Crippen LogP contribution >= 0.6 is 0 Å². The van der Waals surface area contributed by atoms with Gasteiger partial charge in [0.15, 0.2) is 12.2 Å². The number of ether oxygens (including phenoxy) is 1. The lowest BCUT2D eigenvalue weighted by Gasteiger charge is -2.27. The molecule has 1 aromatic heterocycles. The summed E-state index contributed by atoms with van der Waals surface area (Å²) >= 11 is 0. The summed E-state index contributed by atoms with van der Waals surface area (Å²) in [5.41, 5.74) is 0.0942. The average Bonchev–Trinajstić information content (AvgIpc) is 3.43. The molecule has 1 fully saturated rings. The second kappa shape index (κ2) is 9.50. The largest absolute Gasteiger partial charge is 0.496 e. The molecule has 1 aliphatic heterocycles. The van der Waals surface area contributed by atoms with Crippen LogP contribution in [0.15, 0.2) is 35.2 Å². The van der Waals surface area contributed by atoms with Gasteiger partial charge in [-0.2, -0.15) is 0 Å². The minimum Gasteiger partial charge on any atom is -0.496 e. The van der Waals surface area contributed by atoms with E-state index in [1.807, 2.05) is 0 Å². The molecule has 1 saturated heterocycles. The molecule has 170 valence electrons. The highest BCUT2D eigenvalue weighted by atomic mass is 16.5. The fourth-order valence-corrected chi connectivity index (χ4v) is 3.16. The van der Waals surface area contributed by atoms with Crippen molar-refractivity contribution in [3.63, 3.8) is 0 Å². The summed E-state index contributed by atoms with van der Waals surface area (Å²) in [5, 5.41) is 10.4. The van der Waals surface area contributed by atoms with Crippen LogP contribution in [0.2, 0.25) is 0 Å². The first-order valence-electron chi connectivity index (χ1n) is 9.96. The topological polar surface area (TPSA) is 152 Å². The van der Waals surface area contributed by atoms with Crippen molar-refractivity contribution in [3.05, 3.63) is 30.8 Å². The number of carbonyl (C=O) groups is 4. The van der Waals surface area contributed by atoms with Gasteiger partial charge in [0.25, 0.3) is 0 Å². The highest BCUT2D eigenvalue weighted by Gasteiger charge is 2.30. The minimum atomic E-state index is -0.902. The fourth-order valence-electron chi connectivity index (χ4n) is 3.16. The lowest BCUT2D eigenvalue weighted by Crippen LogP contribution is -2.55. The molecule has 3 rings (SSSR count). The predicted octanol–water partition coefficient (Wildman–Crippen LogP) is 0.578. The van der Waals surface area contributed by atoms with Crippen LogP contribution in [0.1, 0.15) is 26.7 Å². The fraction of sp³-hybridized carbons (Fsp3) is 0.381. The number of nitrogens with zero attached hydrogens (tertiary/aromatic N) is 1. The van der Waals surface area contributed by atoms with Gasteiger partial charge in [0.2, 0.25) is 11.8 Å². The second-order valence-corrected chi connectivity index (χ2v) is 7.95. The zero-order valence-electron chi connectivity index (χ0n) is 18.0. The van der Waals surface area contributed by atoms with Crippen molar-refractivity contribution in [3.8, 4) is 17.1 Å². The van der Waals surface area contributed by atoms with E-state index in [0.717, 1.165) is 0 Å². The molecule has 0 bridgehead atoms. The minimum absolute atomic E-state index is 0.0803. The van der Waals surface area contributed by atoms with Crippen molar-refractivity contribution in [1.82, 2.24) is 20.9 Å². The number of benzene rings is 1. The molecule has 4 amide bonds. The number of amides is 4. The van der Waals surface area contributed by atoms with Crippen molar-refractivity contribution >= 4 is 29.3 Å². The van der Waals surface area contributed by atoms with Crippen molar-refractivity contribution in [2.24, 2.45) is 0 Å². The molecule has 0 spiro atoms. The Balaban J connectivity index is 1.55. The highest BCUT2D eigenvalue weighted by molar-refractivity contribution is 6.39. The molecule has 11 nitrogen and oxygen atoms in total. The van der Waals surface area contributed by atoms with Crippen LogP contribution in [0.5, 0.6) is 5.75 Å². The Hall–Kier alpha value is -3.89. The number of hydrogen-bond acceptors (Lipinski definition) is 7. The van der Waals surface area contributed by atoms with Crippen molar-refractivity contribution in [2.75, 3.05) is 19.0 Å². The van der Waals surface area contributed by atoms with Crippen LogP contribution < -0.4 is 26.0 Å². The van der Waals surface area contributed by atoms with Gasteiger partial charge in [-0.3, -0.25) is 19.2 Å². The summed E-state index contributed by atoms with van der Waals surface area (Å²) in [5.74, 6) is -1.31. The molecule has 32 heavy (non-hydrogen) atoms. The van der Waals surface area contributed by atoms with Crippen LogP contribution in [0.25, 0.3) is 11.3 Å². The molecule has 4 N–H and O–H groups in total. The monoisotopic (exact) mass is 443 g/mol. The molecule has 1 atom stereocenters. The Kier molecular flexibility index (Phi) is 6.76. The molecule has 0 radical (unpaired) electrons. The van der Waals surface area contributed by atoms with Gasteiger partial charge >= 0.3 is 11.8 Å². The molecular formula is C21H25N5O6. The normalized spacial score (nSPS) is 15.6. The molecule has 2 heterocycles. The molecule has 1 unspecified atom stereocenters. The third-order valence-electron chi connectivity index (χ3n) is 4.83. The number of rotatable bonds is 7. The lowest BCUT2D eigenvalue weighted by molar-refractivity contribution is -0.137. The standard InChI is InChI=1S/C21H25N5O6/c1-21(2,10-23-18(28)14-6-7-17(27)25-14)26-20(30)19(29)24-12-4-5-13(15(8-12)31-3)16-9-22-11-32-16/h4-5,8-9,11,14H,6-7,10H2,1-3H3,(H,23,28)(H,24,29)(H,25,27)(H,26,30). The molecule has 1 aromatic carbocycles. The smallest absolute Gasteiger partial charge is 0.313 e. The van der Waals surface area contributed by atoms with E-state index in [-0.39, 0.29) is 18.4 Å². The summed E-state index contributed by atoms with van der Waals surface area (Å²) < 4.78 is 10.6. The summed E-state index contributed by atoms with van der Waals surface area (Å²) in [7, 11) is 1.47. The third-order valence-corrected chi connectivity index (χ3v) is 4.83. The molecular weight excluding hydrogens is 418 g/mol. The second-order valence-electron chi connectivity index (χ2n) is 7.95. The van der Waals surface area contributed by atoms with Crippen LogP contribution in [0.4, 0.5) is 5.69 Å². The maximum absolute atomic E-state index is 12.4. The summed E-state index contributed by atoms with van der Waals surface area (Å²) in [6.45, 7) is 3.42. The quantitative estimate of drug-likeness (QED) is 0.457. The van der Waals surface area contributed by atoms with Crippen molar-refractivity contribution < 1.29 is 28.3 Å².